The molecule has 0 atom stereocenters. The summed E-state index contributed by atoms with van der Waals surface area (Å²) in [5.41, 5.74) is 0. The maximum absolute atomic E-state index is 3.84. The highest BCUT2D eigenvalue weighted by atomic mass is 79.9. The molecule has 1 rings (SSSR count). The van der Waals surface area contributed by atoms with E-state index in [0.717, 1.165) is 4.47 Å². The minimum atomic E-state index is 1.02. The van der Waals surface area contributed by atoms with E-state index < -0.39 is 0 Å². The van der Waals surface area contributed by atoms with Crippen molar-refractivity contribution in [1.29, 1.82) is 0 Å². The Morgan fingerprint density at radius 3 is 2.71 bits per heavy atom. The van der Waals surface area contributed by atoms with E-state index in [-0.39, 0.29) is 0 Å². The van der Waals surface area contributed by atoms with Crippen molar-refractivity contribution in [3.8, 4) is 0 Å². The topological polar surface area (TPSA) is 12.9 Å². The highest BCUT2D eigenvalue weighted by Crippen LogP contribution is 2.02. The van der Waals surface area contributed by atoms with Gasteiger partial charge in [0.1, 0.15) is 0 Å². The number of rotatable bonds is 0. The second kappa shape index (κ2) is 2.07. The summed E-state index contributed by atoms with van der Waals surface area (Å²) >= 11 is 3.25. The van der Waals surface area contributed by atoms with Gasteiger partial charge in [-0.05, 0) is 28.1 Å². The molecular formula is C5H4BrN. The Labute approximate surface area is 50.5 Å². The summed E-state index contributed by atoms with van der Waals surface area (Å²) in [5.74, 6) is 0. The summed E-state index contributed by atoms with van der Waals surface area (Å²) in [5, 5.41) is 0. The van der Waals surface area contributed by atoms with Crippen LogP contribution in [0.2, 0.25) is 0 Å². The summed E-state index contributed by atoms with van der Waals surface area (Å²) in [7, 11) is 0. The van der Waals surface area contributed by atoms with Gasteiger partial charge in [-0.2, -0.15) is 0 Å². The van der Waals surface area contributed by atoms with Crippen LogP contribution in [0.4, 0.5) is 0 Å². The second-order valence-electron chi connectivity index (χ2n) is 1.17. The molecule has 0 bridgehead atoms. The Hall–Kier alpha value is -0.370. The first-order chi connectivity index (χ1) is 3.39. The third kappa shape index (κ3) is 1.27. The monoisotopic (exact) mass is 162 g/mol. The van der Waals surface area contributed by atoms with Crippen LogP contribution in [-0.4, -0.2) is 4.98 Å². The molecule has 2 heteroatoms. The fourth-order valence-electron chi connectivity index (χ4n) is 0.342. The normalized spacial score (nSPS) is 8.71. The molecule has 1 aromatic rings. The van der Waals surface area contributed by atoms with E-state index in [1.165, 1.54) is 0 Å². The zero-order chi connectivity index (χ0) is 5.11. The van der Waals surface area contributed by atoms with E-state index >= 15 is 0 Å². The van der Waals surface area contributed by atoms with Gasteiger partial charge in [0.05, 0.1) is 0 Å². The molecule has 1 nitrogen and oxygen atoms in total. The Kier molecular flexibility index (Phi) is 1.42. The van der Waals surface area contributed by atoms with Crippen LogP contribution in [0.3, 0.4) is 0 Å². The van der Waals surface area contributed by atoms with Crippen LogP contribution >= 0.6 is 15.9 Å². The first kappa shape index (κ1) is 4.78. The molecule has 36 valence electrons. The first-order valence-electron chi connectivity index (χ1n) is 1.95. The van der Waals surface area contributed by atoms with Gasteiger partial charge in [-0.3, -0.25) is 4.98 Å². The van der Waals surface area contributed by atoms with Gasteiger partial charge in [0, 0.05) is 16.9 Å². The number of halogens is 1. The van der Waals surface area contributed by atoms with Gasteiger partial charge in [-0.25, -0.2) is 0 Å². The van der Waals surface area contributed by atoms with Gasteiger partial charge in [0.25, 0.3) is 0 Å². The third-order valence-electron chi connectivity index (χ3n) is 0.625. The van der Waals surface area contributed by atoms with Crippen LogP contribution in [0.5, 0.6) is 0 Å². The number of nitrogens with zero attached hydrogens (tertiary/aromatic N) is 1. The standard InChI is InChI=1S/C5H4BrN/c6-5-2-1-3-7-4-5/h1-4H/i1+1,2+1,3+1,4+1,5+1. The van der Waals surface area contributed by atoms with Crippen molar-refractivity contribution in [3.05, 3.63) is 29.0 Å². The van der Waals surface area contributed by atoms with Crippen LogP contribution < -0.4 is 0 Å². The van der Waals surface area contributed by atoms with E-state index in [2.05, 4.69) is 20.9 Å². The number of hydrogen-bond donors (Lipinski definition) is 0. The Morgan fingerprint density at radius 1 is 1.57 bits per heavy atom. The van der Waals surface area contributed by atoms with Crippen molar-refractivity contribution in [2.24, 2.45) is 0 Å². The number of hydrogen-bond acceptors (Lipinski definition) is 1. The number of aromatic nitrogens is 1. The lowest BCUT2D eigenvalue weighted by molar-refractivity contribution is 1.31. The molecule has 0 saturated heterocycles. The average molecular weight is 163 g/mol. The molecule has 0 unspecified atom stereocenters. The summed E-state index contributed by atoms with van der Waals surface area (Å²) in [4.78, 5) is 3.84. The zero-order valence-electron chi connectivity index (χ0n) is 3.63. The largest absolute Gasteiger partial charge is 0.264 e. The summed E-state index contributed by atoms with van der Waals surface area (Å²) in [6, 6.07) is 3.82. The Bertz CT molecular complexity index is 138. The molecule has 1 heterocycles. The summed E-state index contributed by atoms with van der Waals surface area (Å²) < 4.78 is 1.02. The maximum atomic E-state index is 3.84. The molecule has 0 radical (unpaired) electrons. The van der Waals surface area contributed by atoms with Gasteiger partial charge in [0.2, 0.25) is 0 Å². The van der Waals surface area contributed by atoms with Gasteiger partial charge in [0.15, 0.2) is 0 Å². The van der Waals surface area contributed by atoms with Gasteiger partial charge < -0.3 is 0 Å². The molecule has 0 fully saturated rings. The van der Waals surface area contributed by atoms with E-state index in [9.17, 15) is 0 Å². The second-order valence-corrected chi connectivity index (χ2v) is 2.09. The van der Waals surface area contributed by atoms with Crippen molar-refractivity contribution in [3.63, 3.8) is 0 Å². The molecule has 0 aliphatic carbocycles. The van der Waals surface area contributed by atoms with Crippen molar-refractivity contribution in [2.75, 3.05) is 0 Å². The van der Waals surface area contributed by atoms with Crippen LogP contribution in [0.25, 0.3) is 0 Å². The van der Waals surface area contributed by atoms with Gasteiger partial charge in [-0.1, -0.05) is 0 Å². The van der Waals surface area contributed by atoms with Gasteiger partial charge >= 0.3 is 0 Å². The minimum absolute atomic E-state index is 1.02. The molecule has 0 aliphatic heterocycles. The zero-order valence-corrected chi connectivity index (χ0v) is 5.22. The Balaban J connectivity index is 3.02. The SMILES string of the molecule is Br[13c]1[13cH][13cH][13cH]n[13cH]1. The van der Waals surface area contributed by atoms with E-state index in [0.29, 0.717) is 0 Å². The smallest absolute Gasteiger partial charge is 0.0410 e. The third-order valence-corrected chi connectivity index (χ3v) is 1.09. The lowest BCUT2D eigenvalue weighted by atomic mass is 11.5. The molecular weight excluding hydrogens is 159 g/mol. The Morgan fingerprint density at radius 2 is 2.43 bits per heavy atom. The predicted molar refractivity (Wildman–Crippen MR) is 31.9 cm³/mol. The van der Waals surface area contributed by atoms with E-state index in [1.807, 2.05) is 12.1 Å². The van der Waals surface area contributed by atoms with Crippen molar-refractivity contribution in [2.45, 2.75) is 0 Å². The van der Waals surface area contributed by atoms with E-state index in [1.54, 1.807) is 12.4 Å². The summed E-state index contributed by atoms with van der Waals surface area (Å²) in [6.07, 6.45) is 3.49. The molecule has 0 N–H and O–H groups in total. The molecule has 0 aliphatic rings. The quantitative estimate of drug-likeness (QED) is 0.568. The number of pyridine rings is 1. The van der Waals surface area contributed by atoms with Crippen LogP contribution in [-0.2, 0) is 0 Å². The van der Waals surface area contributed by atoms with Gasteiger partial charge in [-0.15, -0.1) is 0 Å². The van der Waals surface area contributed by atoms with Crippen molar-refractivity contribution < 1.29 is 0 Å². The highest BCUT2D eigenvalue weighted by molar-refractivity contribution is 9.10. The van der Waals surface area contributed by atoms with Crippen LogP contribution in [0, 0.1) is 0 Å². The fourth-order valence-corrected chi connectivity index (χ4v) is 0.613. The lowest BCUT2D eigenvalue weighted by Crippen LogP contribution is -1.64. The highest BCUT2D eigenvalue weighted by Gasteiger charge is 1.75. The lowest BCUT2D eigenvalue weighted by Gasteiger charge is -1.80. The maximum Gasteiger partial charge on any atom is 0.0410 e. The molecule has 0 saturated carbocycles. The van der Waals surface area contributed by atoms with Crippen LogP contribution in [0.15, 0.2) is 29.0 Å². The molecule has 0 aromatic carbocycles. The van der Waals surface area contributed by atoms with Crippen molar-refractivity contribution in [1.82, 2.24) is 4.98 Å². The van der Waals surface area contributed by atoms with Crippen molar-refractivity contribution >= 4 is 15.9 Å². The fraction of sp³-hybridized carbons (Fsp3) is 0. The molecule has 1 aromatic heterocycles. The molecule has 0 spiro atoms. The first-order valence-corrected chi connectivity index (χ1v) is 2.74. The average Bonchev–Trinajstić information content (AvgIpc) is 1.69. The molecule has 7 heavy (non-hydrogen) atoms. The predicted octanol–water partition coefficient (Wildman–Crippen LogP) is 1.84. The molecule has 0 amide bonds. The summed E-state index contributed by atoms with van der Waals surface area (Å²) in [6.45, 7) is 0. The van der Waals surface area contributed by atoms with E-state index in [4.69, 9.17) is 0 Å². The minimum Gasteiger partial charge on any atom is -0.264 e. The van der Waals surface area contributed by atoms with Crippen LogP contribution in [0.1, 0.15) is 0 Å².